The first-order chi connectivity index (χ1) is 17.6. The highest BCUT2D eigenvalue weighted by atomic mass is 35.5. The molecule has 0 aliphatic carbocycles. The maximum absolute atomic E-state index is 12.0. The molecule has 0 aliphatic heterocycles. The van der Waals surface area contributed by atoms with Crippen molar-refractivity contribution in [3.8, 4) is 11.4 Å². The number of carbonyl (C=O) groups excluding carboxylic acids is 1. The number of H-pyrrole nitrogens is 1. The van der Waals surface area contributed by atoms with E-state index in [0.29, 0.717) is 28.6 Å². The number of carbonyl (C=O) groups is 1. The highest BCUT2D eigenvalue weighted by Gasteiger charge is 2.32. The highest BCUT2D eigenvalue weighted by Crippen LogP contribution is 2.30. The Bertz CT molecular complexity index is 1360. The van der Waals surface area contributed by atoms with E-state index in [1.54, 1.807) is 26.0 Å². The molecule has 194 valence electrons. The van der Waals surface area contributed by atoms with Gasteiger partial charge in [-0.3, -0.25) is 4.79 Å². The van der Waals surface area contributed by atoms with Gasteiger partial charge in [-0.05, 0) is 68.3 Å². The van der Waals surface area contributed by atoms with Crippen molar-refractivity contribution in [2.75, 3.05) is 5.32 Å². The summed E-state index contributed by atoms with van der Waals surface area (Å²) in [6.07, 6.45) is 5.27. The number of halogens is 4. The van der Waals surface area contributed by atoms with Crippen LogP contribution in [0.1, 0.15) is 35.3 Å². The molecule has 10 heteroatoms. The maximum Gasteiger partial charge on any atom is 0.433 e. The van der Waals surface area contributed by atoms with Crippen molar-refractivity contribution in [1.29, 1.82) is 0 Å². The Kier molecular flexibility index (Phi) is 9.30. The molecule has 0 fully saturated rings. The van der Waals surface area contributed by atoms with Gasteiger partial charge in [-0.25, -0.2) is 9.97 Å². The zero-order valence-corrected chi connectivity index (χ0v) is 21.4. The highest BCUT2D eigenvalue weighted by molar-refractivity contribution is 6.33. The zero-order valence-electron chi connectivity index (χ0n) is 20.6. The zero-order chi connectivity index (χ0) is 27.0. The predicted octanol–water partition coefficient (Wildman–Crippen LogP) is 7.09. The molecule has 3 aromatic heterocycles. The molecule has 0 saturated heterocycles. The third-order valence-electron chi connectivity index (χ3n) is 5.51. The number of amides is 1. The second-order valence-electron chi connectivity index (χ2n) is 8.14. The molecule has 6 nitrogen and oxygen atoms in total. The molecular formula is C27H27ClF3N5O. The number of aromatic nitrogens is 4. The number of nitrogens with one attached hydrogen (secondary N) is 2. The largest absolute Gasteiger partial charge is 0.433 e. The van der Waals surface area contributed by atoms with E-state index >= 15 is 0 Å². The van der Waals surface area contributed by atoms with Crippen LogP contribution in [0.2, 0.25) is 5.02 Å². The number of pyridine rings is 1. The number of anilines is 1. The summed E-state index contributed by atoms with van der Waals surface area (Å²) in [6.45, 7) is 6.15. The van der Waals surface area contributed by atoms with E-state index in [0.717, 1.165) is 41.5 Å². The van der Waals surface area contributed by atoms with Crippen LogP contribution in [-0.4, -0.2) is 25.9 Å². The average Bonchev–Trinajstić information content (AvgIpc) is 3.52. The number of hydrogen-bond donors (Lipinski definition) is 2. The van der Waals surface area contributed by atoms with Crippen LogP contribution in [0.15, 0.2) is 60.9 Å². The van der Waals surface area contributed by atoms with Gasteiger partial charge in [0.15, 0.2) is 0 Å². The van der Waals surface area contributed by atoms with E-state index in [1.807, 2.05) is 36.7 Å². The summed E-state index contributed by atoms with van der Waals surface area (Å²) in [5.41, 5.74) is 3.73. The van der Waals surface area contributed by atoms with Crippen LogP contribution in [-0.2, 0) is 23.9 Å². The lowest BCUT2D eigenvalue weighted by molar-refractivity contribution is -0.141. The van der Waals surface area contributed by atoms with E-state index < -0.39 is 11.9 Å². The van der Waals surface area contributed by atoms with Gasteiger partial charge in [0.05, 0.1) is 10.7 Å². The Morgan fingerprint density at radius 1 is 1.11 bits per heavy atom. The number of hydrogen-bond acceptors (Lipinski definition) is 3. The van der Waals surface area contributed by atoms with Gasteiger partial charge in [-0.1, -0.05) is 30.7 Å². The topological polar surface area (TPSA) is 75.6 Å². The van der Waals surface area contributed by atoms with Crippen LogP contribution < -0.4 is 5.32 Å². The van der Waals surface area contributed by atoms with Crippen molar-refractivity contribution in [2.45, 2.75) is 39.9 Å². The minimum atomic E-state index is -4.33. The van der Waals surface area contributed by atoms with Crippen molar-refractivity contribution in [3.05, 3.63) is 94.3 Å². The Hall–Kier alpha value is -3.85. The smallest absolute Gasteiger partial charge is 0.350 e. The summed E-state index contributed by atoms with van der Waals surface area (Å²) in [5.74, 6) is 0.692. The third-order valence-corrected chi connectivity index (χ3v) is 5.84. The van der Waals surface area contributed by atoms with Crippen molar-refractivity contribution >= 4 is 29.8 Å². The summed E-state index contributed by atoms with van der Waals surface area (Å²) in [4.78, 5) is 22.1. The molecule has 4 aromatic rings. The second-order valence-corrected chi connectivity index (χ2v) is 8.55. The van der Waals surface area contributed by atoms with Gasteiger partial charge in [0, 0.05) is 41.6 Å². The van der Waals surface area contributed by atoms with Crippen LogP contribution in [0.5, 0.6) is 0 Å². The molecule has 37 heavy (non-hydrogen) atoms. The average molecular weight is 530 g/mol. The quantitative estimate of drug-likeness (QED) is 0.251. The predicted molar refractivity (Wildman–Crippen MR) is 140 cm³/mol. The number of benzene rings is 1. The van der Waals surface area contributed by atoms with E-state index in [2.05, 4.69) is 37.8 Å². The molecule has 0 bridgehead atoms. The van der Waals surface area contributed by atoms with E-state index in [9.17, 15) is 18.0 Å². The summed E-state index contributed by atoms with van der Waals surface area (Å²) in [5, 5.41) is 3.21. The monoisotopic (exact) mass is 529 g/mol. The van der Waals surface area contributed by atoms with Crippen LogP contribution in [0.4, 0.5) is 18.9 Å². The van der Waals surface area contributed by atoms with Gasteiger partial charge in [0.25, 0.3) is 0 Å². The fraction of sp³-hybridized carbons (Fsp3) is 0.222. The van der Waals surface area contributed by atoms with E-state index in [4.69, 9.17) is 11.6 Å². The number of imidazole rings is 1. The third kappa shape index (κ3) is 7.57. The van der Waals surface area contributed by atoms with Crippen molar-refractivity contribution < 1.29 is 18.0 Å². The first-order valence-corrected chi connectivity index (χ1v) is 11.9. The molecule has 0 saturated carbocycles. The standard InChI is InChI=1S/C19H19ClN4O.C8H8F3N/c1-2-17-18(6-5-11-24-9-3-4-10-24)23-19(22-17)15-12-14(21-13-25)7-8-16(15)20;1-5-3-4-7(8(9,10)11)12-6(5)2/h3-10,12-13H,2,11H2,1H3,(H,21,25)(H,22,23);3-4H,1-2H3/b6-5-;. The number of aromatic amines is 1. The summed E-state index contributed by atoms with van der Waals surface area (Å²) < 4.78 is 38.2. The van der Waals surface area contributed by atoms with Gasteiger partial charge in [-0.15, -0.1) is 0 Å². The molecule has 4 rings (SSSR count). The fourth-order valence-corrected chi connectivity index (χ4v) is 3.60. The van der Waals surface area contributed by atoms with Crippen molar-refractivity contribution in [1.82, 2.24) is 19.5 Å². The molecule has 0 radical (unpaired) electrons. The van der Waals surface area contributed by atoms with Crippen LogP contribution in [0, 0.1) is 13.8 Å². The summed E-state index contributed by atoms with van der Waals surface area (Å²) >= 11 is 6.31. The molecule has 1 amide bonds. The number of aryl methyl sites for hydroxylation is 3. The lowest BCUT2D eigenvalue weighted by Crippen LogP contribution is -2.08. The van der Waals surface area contributed by atoms with Gasteiger partial charge >= 0.3 is 6.18 Å². The van der Waals surface area contributed by atoms with Gasteiger partial charge < -0.3 is 14.9 Å². The minimum Gasteiger partial charge on any atom is -0.350 e. The Morgan fingerprint density at radius 3 is 2.46 bits per heavy atom. The second kappa shape index (κ2) is 12.4. The number of alkyl halides is 3. The van der Waals surface area contributed by atoms with Crippen molar-refractivity contribution in [3.63, 3.8) is 0 Å². The number of rotatable bonds is 7. The lowest BCUT2D eigenvalue weighted by Gasteiger charge is -2.06. The van der Waals surface area contributed by atoms with Gasteiger partial charge in [-0.2, -0.15) is 13.2 Å². The minimum absolute atomic E-state index is 0.421. The molecular weight excluding hydrogens is 503 g/mol. The number of allylic oxidation sites excluding steroid dienone is 1. The maximum atomic E-state index is 12.0. The van der Waals surface area contributed by atoms with Crippen LogP contribution in [0.25, 0.3) is 17.5 Å². The van der Waals surface area contributed by atoms with Crippen LogP contribution >= 0.6 is 11.6 Å². The molecule has 1 aromatic carbocycles. The van der Waals surface area contributed by atoms with Crippen molar-refractivity contribution in [2.24, 2.45) is 0 Å². The SMILES string of the molecule is CCc1[nH]c(-c2cc(NC=O)ccc2Cl)nc1/C=C\Cn1cccc1.Cc1ccc(C(F)(F)F)nc1C. The Labute approximate surface area is 218 Å². The summed E-state index contributed by atoms with van der Waals surface area (Å²) in [7, 11) is 0. The molecule has 3 heterocycles. The summed E-state index contributed by atoms with van der Waals surface area (Å²) in [6, 6.07) is 11.7. The molecule has 0 aliphatic rings. The van der Waals surface area contributed by atoms with E-state index in [1.165, 1.54) is 6.07 Å². The first-order valence-electron chi connectivity index (χ1n) is 11.5. The first kappa shape index (κ1) is 27.7. The van der Waals surface area contributed by atoms with Crippen LogP contribution in [0.3, 0.4) is 0 Å². The molecule has 0 unspecified atom stereocenters. The van der Waals surface area contributed by atoms with Gasteiger partial charge in [0.2, 0.25) is 6.41 Å². The number of nitrogens with zero attached hydrogens (tertiary/aromatic N) is 3. The normalized spacial score (nSPS) is 11.3. The fourth-order valence-electron chi connectivity index (χ4n) is 3.39. The molecule has 2 N–H and O–H groups in total. The molecule has 0 atom stereocenters. The van der Waals surface area contributed by atoms with E-state index in [-0.39, 0.29) is 0 Å². The Morgan fingerprint density at radius 2 is 1.84 bits per heavy atom. The molecule has 0 spiro atoms. The lowest BCUT2D eigenvalue weighted by atomic mass is 10.2. The Balaban J connectivity index is 0.000000266. The van der Waals surface area contributed by atoms with Gasteiger partial charge in [0.1, 0.15) is 11.5 Å².